The highest BCUT2D eigenvalue weighted by molar-refractivity contribution is 5.93. The van der Waals surface area contributed by atoms with Gasteiger partial charge in [0, 0.05) is 47.8 Å². The maximum Gasteiger partial charge on any atom is 0.306 e. The Morgan fingerprint density at radius 3 is 2.35 bits per heavy atom. The van der Waals surface area contributed by atoms with Crippen LogP contribution in [-0.2, 0) is 20.7 Å². The first-order valence-electron chi connectivity index (χ1n) is 9.81. The Morgan fingerprint density at radius 2 is 1.71 bits per heavy atom. The second kappa shape index (κ2) is 9.46. The van der Waals surface area contributed by atoms with E-state index >= 15 is 0 Å². The van der Waals surface area contributed by atoms with E-state index in [9.17, 15) is 9.59 Å². The Bertz CT molecular complexity index is 1100. The van der Waals surface area contributed by atoms with E-state index in [1.807, 2.05) is 26.8 Å². The molecule has 0 aliphatic rings. The third-order valence-corrected chi connectivity index (χ3v) is 4.86. The van der Waals surface area contributed by atoms with E-state index in [0.29, 0.717) is 23.6 Å². The summed E-state index contributed by atoms with van der Waals surface area (Å²) in [5.74, 6) is 0.158. The van der Waals surface area contributed by atoms with Gasteiger partial charge in [-0.15, -0.1) is 0 Å². The van der Waals surface area contributed by atoms with E-state index in [4.69, 9.17) is 14.2 Å². The van der Waals surface area contributed by atoms with E-state index in [1.165, 1.54) is 14.2 Å². The van der Waals surface area contributed by atoms with Gasteiger partial charge in [-0.3, -0.25) is 9.59 Å². The van der Waals surface area contributed by atoms with Gasteiger partial charge in [0.25, 0.3) is 5.91 Å². The highest BCUT2D eigenvalue weighted by atomic mass is 16.5. The average molecular weight is 426 g/mol. The van der Waals surface area contributed by atoms with E-state index in [1.54, 1.807) is 22.7 Å². The lowest BCUT2D eigenvalue weighted by Gasteiger charge is -2.11. The van der Waals surface area contributed by atoms with Crippen molar-refractivity contribution in [1.29, 1.82) is 0 Å². The largest absolute Gasteiger partial charge is 0.497 e. The number of nitrogens with zero attached hydrogens (tertiary/aromatic N) is 3. The van der Waals surface area contributed by atoms with Crippen LogP contribution in [0.4, 0.5) is 5.69 Å². The summed E-state index contributed by atoms with van der Waals surface area (Å²) < 4.78 is 17.2. The maximum atomic E-state index is 12.2. The molecule has 0 aliphatic carbocycles. The van der Waals surface area contributed by atoms with Crippen LogP contribution in [0.2, 0.25) is 0 Å². The highest BCUT2D eigenvalue weighted by Crippen LogP contribution is 2.25. The number of carbonyl (C=O) groups is 2. The summed E-state index contributed by atoms with van der Waals surface area (Å²) in [7, 11) is 3.04. The summed E-state index contributed by atoms with van der Waals surface area (Å²) in [6, 6.07) is 6.90. The van der Waals surface area contributed by atoms with Gasteiger partial charge in [0.05, 0.1) is 19.9 Å². The molecule has 0 unspecified atom stereocenters. The number of ether oxygens (including phenoxy) is 3. The minimum Gasteiger partial charge on any atom is -0.497 e. The quantitative estimate of drug-likeness (QED) is 0.552. The van der Waals surface area contributed by atoms with Crippen molar-refractivity contribution in [3.63, 3.8) is 0 Å². The number of methoxy groups -OCH3 is 2. The molecule has 0 spiro atoms. The lowest BCUT2D eigenvalue weighted by atomic mass is 10.1. The summed E-state index contributed by atoms with van der Waals surface area (Å²) in [5.41, 5.74) is 4.88. The normalized spacial score (nSPS) is 10.7. The van der Waals surface area contributed by atoms with Gasteiger partial charge in [0.15, 0.2) is 12.3 Å². The van der Waals surface area contributed by atoms with E-state index < -0.39 is 11.9 Å². The summed E-state index contributed by atoms with van der Waals surface area (Å²) in [4.78, 5) is 28.9. The lowest BCUT2D eigenvalue weighted by molar-refractivity contribution is -0.147. The maximum absolute atomic E-state index is 12.2. The van der Waals surface area contributed by atoms with Gasteiger partial charge in [0.2, 0.25) is 0 Å². The van der Waals surface area contributed by atoms with Gasteiger partial charge in [-0.1, -0.05) is 0 Å². The van der Waals surface area contributed by atoms with Gasteiger partial charge >= 0.3 is 5.97 Å². The molecule has 0 aliphatic heterocycles. The number of esters is 1. The Morgan fingerprint density at radius 1 is 1.03 bits per heavy atom. The van der Waals surface area contributed by atoms with Crippen molar-refractivity contribution in [3.05, 3.63) is 46.9 Å². The number of amides is 1. The average Bonchev–Trinajstić information content (AvgIpc) is 3.11. The van der Waals surface area contributed by atoms with Crippen LogP contribution in [0.1, 0.15) is 29.1 Å². The number of rotatable bonds is 8. The third-order valence-electron chi connectivity index (χ3n) is 4.86. The second-order valence-electron chi connectivity index (χ2n) is 7.13. The smallest absolute Gasteiger partial charge is 0.306 e. The molecule has 9 heteroatoms. The van der Waals surface area contributed by atoms with E-state index in [0.717, 1.165) is 28.3 Å². The predicted octanol–water partition coefficient (Wildman–Crippen LogP) is 2.79. The molecule has 0 saturated carbocycles. The van der Waals surface area contributed by atoms with E-state index in [2.05, 4.69) is 15.4 Å². The number of carbonyl (C=O) groups excluding carboxylic acids is 2. The molecule has 3 rings (SSSR count). The van der Waals surface area contributed by atoms with Crippen LogP contribution in [0, 0.1) is 20.8 Å². The number of benzene rings is 1. The minimum absolute atomic E-state index is 0.134. The third kappa shape index (κ3) is 5.30. The summed E-state index contributed by atoms with van der Waals surface area (Å²) >= 11 is 0. The Labute approximate surface area is 180 Å². The van der Waals surface area contributed by atoms with Crippen molar-refractivity contribution in [2.75, 3.05) is 26.1 Å². The van der Waals surface area contributed by atoms with Gasteiger partial charge in [0.1, 0.15) is 11.5 Å². The van der Waals surface area contributed by atoms with Gasteiger partial charge in [-0.2, -0.15) is 5.10 Å². The molecule has 0 bridgehead atoms. The SMILES string of the molecule is COc1cc(NC(=O)COC(=O)CCc2c(C)nc3cc(C)nn3c2C)cc(OC)c1. The van der Waals surface area contributed by atoms with Crippen molar-refractivity contribution in [2.24, 2.45) is 0 Å². The van der Waals surface area contributed by atoms with Gasteiger partial charge < -0.3 is 19.5 Å². The molecule has 2 aromatic heterocycles. The number of aromatic nitrogens is 3. The molecular formula is C22H26N4O5. The lowest BCUT2D eigenvalue weighted by Crippen LogP contribution is -2.21. The van der Waals surface area contributed by atoms with Crippen LogP contribution < -0.4 is 14.8 Å². The number of anilines is 1. The number of nitrogens with one attached hydrogen (secondary N) is 1. The first-order chi connectivity index (χ1) is 14.8. The van der Waals surface area contributed by atoms with Crippen LogP contribution in [0.25, 0.3) is 5.65 Å². The Balaban J connectivity index is 1.55. The zero-order valence-electron chi connectivity index (χ0n) is 18.3. The minimum atomic E-state index is -0.464. The van der Waals surface area contributed by atoms with Crippen LogP contribution in [0.15, 0.2) is 24.3 Å². The van der Waals surface area contributed by atoms with Crippen LogP contribution in [-0.4, -0.2) is 47.3 Å². The molecule has 1 amide bonds. The molecule has 2 heterocycles. The molecule has 0 fully saturated rings. The second-order valence-corrected chi connectivity index (χ2v) is 7.13. The molecule has 9 nitrogen and oxygen atoms in total. The molecule has 1 aromatic carbocycles. The topological polar surface area (TPSA) is 104 Å². The summed E-state index contributed by atoms with van der Waals surface area (Å²) in [5, 5.41) is 7.10. The van der Waals surface area contributed by atoms with Crippen molar-refractivity contribution < 1.29 is 23.8 Å². The Hall–Kier alpha value is -3.62. The molecule has 164 valence electrons. The highest BCUT2D eigenvalue weighted by Gasteiger charge is 2.14. The molecule has 0 radical (unpaired) electrons. The van der Waals surface area contributed by atoms with Crippen molar-refractivity contribution in [3.8, 4) is 11.5 Å². The zero-order valence-corrected chi connectivity index (χ0v) is 18.3. The molecule has 31 heavy (non-hydrogen) atoms. The van der Waals surface area contributed by atoms with Crippen LogP contribution >= 0.6 is 0 Å². The molecule has 3 aromatic rings. The zero-order chi connectivity index (χ0) is 22.5. The molecule has 1 N–H and O–H groups in total. The summed E-state index contributed by atoms with van der Waals surface area (Å²) in [6.45, 7) is 5.38. The molecular weight excluding hydrogens is 400 g/mol. The number of aryl methyl sites for hydroxylation is 3. The Kier molecular flexibility index (Phi) is 6.74. The fourth-order valence-corrected chi connectivity index (χ4v) is 3.32. The predicted molar refractivity (Wildman–Crippen MR) is 115 cm³/mol. The first-order valence-corrected chi connectivity index (χ1v) is 9.81. The number of hydrogen-bond acceptors (Lipinski definition) is 7. The van der Waals surface area contributed by atoms with Crippen LogP contribution in [0.3, 0.4) is 0 Å². The fraction of sp³-hybridized carbons (Fsp3) is 0.364. The van der Waals surface area contributed by atoms with Gasteiger partial charge in [-0.25, -0.2) is 9.50 Å². The van der Waals surface area contributed by atoms with Crippen molar-refractivity contribution >= 4 is 23.2 Å². The number of hydrogen-bond donors (Lipinski definition) is 1. The van der Waals surface area contributed by atoms with Crippen molar-refractivity contribution in [1.82, 2.24) is 14.6 Å². The summed E-state index contributed by atoms with van der Waals surface area (Å²) in [6.07, 6.45) is 0.586. The standard InChI is InChI=1S/C22H26N4O5/c1-13-8-20-23-14(2)19(15(3)26(20)25-13)6-7-22(28)31-12-21(27)24-16-9-17(29-4)11-18(10-16)30-5/h8-11H,6-7,12H2,1-5H3,(H,24,27). The van der Waals surface area contributed by atoms with Crippen LogP contribution in [0.5, 0.6) is 11.5 Å². The van der Waals surface area contributed by atoms with E-state index in [-0.39, 0.29) is 13.0 Å². The van der Waals surface area contributed by atoms with Crippen molar-refractivity contribution in [2.45, 2.75) is 33.6 Å². The monoisotopic (exact) mass is 426 g/mol. The fourth-order valence-electron chi connectivity index (χ4n) is 3.32. The molecule has 0 atom stereocenters. The number of fused-ring (bicyclic) bond motifs is 1. The van der Waals surface area contributed by atoms with Gasteiger partial charge in [-0.05, 0) is 32.8 Å². The molecule has 0 saturated heterocycles. The first kappa shape index (κ1) is 22.1.